The number of hydrogen-bond donors (Lipinski definition) is 2. The fraction of sp³-hybridized carbons (Fsp3) is 0.385. The predicted octanol–water partition coefficient (Wildman–Crippen LogP) is 1.92. The summed E-state index contributed by atoms with van der Waals surface area (Å²) in [6.45, 7) is 1.43. The van der Waals surface area contributed by atoms with E-state index in [1.54, 1.807) is 12.1 Å². The molecule has 1 aliphatic rings. The average molecular weight is 261 g/mol. The van der Waals surface area contributed by atoms with Crippen LogP contribution in [0.2, 0.25) is 0 Å². The highest BCUT2D eigenvalue weighted by atomic mass is 16.5. The number of aromatic hydroxyl groups is 1. The Balaban J connectivity index is 1.85. The van der Waals surface area contributed by atoms with Crippen LogP contribution in [0, 0.1) is 0 Å². The number of anilines is 1. The second-order valence-electron chi connectivity index (χ2n) is 4.65. The highest BCUT2D eigenvalue weighted by Gasteiger charge is 2.22. The third-order valence-corrected chi connectivity index (χ3v) is 3.24. The number of nitrogens with zero attached hydrogens (tertiary/aromatic N) is 2. The molecule has 1 fully saturated rings. The minimum absolute atomic E-state index is 0.0123. The van der Waals surface area contributed by atoms with Crippen molar-refractivity contribution in [1.29, 1.82) is 0 Å². The molecule has 6 nitrogen and oxygen atoms in total. The first kappa shape index (κ1) is 12.0. The zero-order chi connectivity index (χ0) is 13.2. The van der Waals surface area contributed by atoms with Crippen molar-refractivity contribution >= 4 is 5.69 Å². The van der Waals surface area contributed by atoms with Crippen LogP contribution >= 0.6 is 0 Å². The van der Waals surface area contributed by atoms with Gasteiger partial charge in [0, 0.05) is 18.1 Å². The lowest BCUT2D eigenvalue weighted by molar-refractivity contribution is 0.0773. The molecule has 2 heterocycles. The van der Waals surface area contributed by atoms with E-state index in [0.29, 0.717) is 29.6 Å². The summed E-state index contributed by atoms with van der Waals surface area (Å²) < 4.78 is 10.6. The first-order valence-electron chi connectivity index (χ1n) is 6.24. The van der Waals surface area contributed by atoms with Crippen LogP contribution in [0.15, 0.2) is 22.7 Å². The van der Waals surface area contributed by atoms with E-state index in [2.05, 4.69) is 10.1 Å². The Morgan fingerprint density at radius 2 is 2.26 bits per heavy atom. The lowest BCUT2D eigenvalue weighted by Crippen LogP contribution is -2.16. The molecule has 1 saturated heterocycles. The minimum Gasteiger partial charge on any atom is -0.506 e. The molecule has 1 aromatic carbocycles. The van der Waals surface area contributed by atoms with Crippen LogP contribution in [0.25, 0.3) is 11.5 Å². The van der Waals surface area contributed by atoms with Gasteiger partial charge in [-0.05, 0) is 31.0 Å². The van der Waals surface area contributed by atoms with Crippen LogP contribution in [0.3, 0.4) is 0 Å². The number of phenols is 1. The van der Waals surface area contributed by atoms with Crippen molar-refractivity contribution in [3.05, 3.63) is 24.0 Å². The lowest BCUT2D eigenvalue weighted by Gasteiger charge is -2.18. The van der Waals surface area contributed by atoms with Gasteiger partial charge >= 0.3 is 0 Å². The van der Waals surface area contributed by atoms with E-state index in [1.807, 2.05) is 0 Å². The Hall–Kier alpha value is -2.08. The fourth-order valence-electron chi connectivity index (χ4n) is 2.14. The van der Waals surface area contributed by atoms with E-state index in [4.69, 9.17) is 15.0 Å². The molecule has 2 aromatic rings. The SMILES string of the molecule is Nc1ccc(-c2nc(C3CCCOC3)no2)cc1O. The molecule has 1 aliphatic heterocycles. The molecular formula is C13H15N3O3. The molecule has 100 valence electrons. The fourth-order valence-corrected chi connectivity index (χ4v) is 2.14. The van der Waals surface area contributed by atoms with Gasteiger partial charge in [0.1, 0.15) is 5.75 Å². The summed E-state index contributed by atoms with van der Waals surface area (Å²) in [5, 5.41) is 13.6. The van der Waals surface area contributed by atoms with Crippen molar-refractivity contribution in [2.45, 2.75) is 18.8 Å². The second kappa shape index (κ2) is 4.89. The quantitative estimate of drug-likeness (QED) is 0.633. The van der Waals surface area contributed by atoms with E-state index < -0.39 is 0 Å². The zero-order valence-corrected chi connectivity index (χ0v) is 10.4. The van der Waals surface area contributed by atoms with Crippen LogP contribution < -0.4 is 5.73 Å². The van der Waals surface area contributed by atoms with Gasteiger partial charge in [-0.1, -0.05) is 5.16 Å². The number of nitrogens with two attached hydrogens (primary N) is 1. The van der Waals surface area contributed by atoms with Gasteiger partial charge in [0.15, 0.2) is 5.82 Å². The standard InChI is InChI=1S/C13H15N3O3/c14-10-4-3-8(6-11(10)17)13-15-12(16-19-13)9-2-1-5-18-7-9/h3-4,6,9,17H,1-2,5,7,14H2. The number of rotatable bonds is 2. The number of phenolic OH excluding ortho intramolecular Hbond substituents is 1. The maximum Gasteiger partial charge on any atom is 0.258 e. The van der Waals surface area contributed by atoms with E-state index in [1.165, 1.54) is 6.07 Å². The van der Waals surface area contributed by atoms with Crippen LogP contribution in [0.4, 0.5) is 5.69 Å². The van der Waals surface area contributed by atoms with Gasteiger partial charge in [-0.25, -0.2) is 0 Å². The van der Waals surface area contributed by atoms with Gasteiger partial charge in [-0.3, -0.25) is 0 Å². The topological polar surface area (TPSA) is 94.4 Å². The third-order valence-electron chi connectivity index (χ3n) is 3.24. The first-order chi connectivity index (χ1) is 9.24. The number of ether oxygens (including phenoxy) is 1. The lowest BCUT2D eigenvalue weighted by atomic mass is 10.0. The molecule has 0 saturated carbocycles. The van der Waals surface area contributed by atoms with E-state index >= 15 is 0 Å². The van der Waals surface area contributed by atoms with Gasteiger partial charge in [-0.15, -0.1) is 0 Å². The summed E-state index contributed by atoms with van der Waals surface area (Å²) in [5.74, 6) is 1.24. The first-order valence-corrected chi connectivity index (χ1v) is 6.24. The smallest absolute Gasteiger partial charge is 0.258 e. The molecule has 0 bridgehead atoms. The van der Waals surface area contributed by atoms with Crippen LogP contribution in [0.1, 0.15) is 24.6 Å². The summed E-state index contributed by atoms with van der Waals surface area (Å²) in [5.41, 5.74) is 6.53. The second-order valence-corrected chi connectivity index (χ2v) is 4.65. The number of aromatic nitrogens is 2. The Morgan fingerprint density at radius 3 is 3.00 bits per heavy atom. The van der Waals surface area contributed by atoms with Crippen LogP contribution in [-0.4, -0.2) is 28.5 Å². The largest absolute Gasteiger partial charge is 0.506 e. The molecule has 3 rings (SSSR count). The molecule has 0 amide bonds. The molecule has 19 heavy (non-hydrogen) atoms. The van der Waals surface area contributed by atoms with Gasteiger partial charge in [0.2, 0.25) is 0 Å². The van der Waals surface area contributed by atoms with Crippen molar-refractivity contribution in [2.24, 2.45) is 0 Å². The number of benzene rings is 1. The molecule has 1 atom stereocenters. The van der Waals surface area contributed by atoms with E-state index in [0.717, 1.165) is 19.4 Å². The van der Waals surface area contributed by atoms with Crippen molar-refractivity contribution in [3.63, 3.8) is 0 Å². The molecule has 1 aromatic heterocycles. The molecule has 0 spiro atoms. The Kier molecular flexibility index (Phi) is 3.08. The van der Waals surface area contributed by atoms with Crippen molar-refractivity contribution in [1.82, 2.24) is 10.1 Å². The summed E-state index contributed by atoms with van der Waals surface area (Å²) in [4.78, 5) is 4.37. The molecular weight excluding hydrogens is 246 g/mol. The van der Waals surface area contributed by atoms with Crippen molar-refractivity contribution < 1.29 is 14.4 Å². The highest BCUT2D eigenvalue weighted by Crippen LogP contribution is 2.29. The number of hydrogen-bond acceptors (Lipinski definition) is 6. The highest BCUT2D eigenvalue weighted by molar-refractivity contribution is 5.63. The molecule has 1 unspecified atom stereocenters. The average Bonchev–Trinajstić information content (AvgIpc) is 2.93. The zero-order valence-electron chi connectivity index (χ0n) is 10.4. The van der Waals surface area contributed by atoms with Crippen molar-refractivity contribution in [2.75, 3.05) is 18.9 Å². The normalized spacial score (nSPS) is 19.5. The summed E-state index contributed by atoms with van der Waals surface area (Å²) in [6.07, 6.45) is 2.02. The molecule has 0 aliphatic carbocycles. The van der Waals surface area contributed by atoms with Gasteiger partial charge in [0.05, 0.1) is 12.3 Å². The molecule has 6 heteroatoms. The summed E-state index contributed by atoms with van der Waals surface area (Å²) in [7, 11) is 0. The monoisotopic (exact) mass is 261 g/mol. The summed E-state index contributed by atoms with van der Waals surface area (Å²) in [6, 6.07) is 4.87. The van der Waals surface area contributed by atoms with Crippen molar-refractivity contribution in [3.8, 4) is 17.2 Å². The third kappa shape index (κ3) is 2.39. The predicted molar refractivity (Wildman–Crippen MR) is 68.6 cm³/mol. The van der Waals surface area contributed by atoms with Crippen LogP contribution in [-0.2, 0) is 4.74 Å². The van der Waals surface area contributed by atoms with E-state index in [-0.39, 0.29) is 11.7 Å². The minimum atomic E-state index is 0.0123. The summed E-state index contributed by atoms with van der Waals surface area (Å²) >= 11 is 0. The van der Waals surface area contributed by atoms with Crippen LogP contribution in [0.5, 0.6) is 5.75 Å². The van der Waals surface area contributed by atoms with Gasteiger partial charge in [-0.2, -0.15) is 4.98 Å². The molecule has 0 radical (unpaired) electrons. The molecule has 3 N–H and O–H groups in total. The Morgan fingerprint density at radius 1 is 1.37 bits per heavy atom. The van der Waals surface area contributed by atoms with Gasteiger partial charge < -0.3 is 20.1 Å². The maximum absolute atomic E-state index is 9.58. The van der Waals surface area contributed by atoms with Gasteiger partial charge in [0.25, 0.3) is 5.89 Å². The Bertz CT molecular complexity index is 576. The van der Waals surface area contributed by atoms with E-state index in [9.17, 15) is 5.11 Å². The maximum atomic E-state index is 9.58. The Labute approximate surface area is 110 Å². The number of nitrogen functional groups attached to an aromatic ring is 1.